The predicted octanol–water partition coefficient (Wildman–Crippen LogP) is 7.04. The second-order valence-electron chi connectivity index (χ2n) is 7.04. The molecule has 0 aromatic carbocycles. The van der Waals surface area contributed by atoms with Gasteiger partial charge in [0.2, 0.25) is 0 Å². The largest absolute Gasteiger partial charge is 0.393 e. The van der Waals surface area contributed by atoms with Gasteiger partial charge in [-0.25, -0.2) is 0 Å². The zero-order chi connectivity index (χ0) is 16.5. The summed E-state index contributed by atoms with van der Waals surface area (Å²) in [5.41, 5.74) is 0. The van der Waals surface area contributed by atoms with Crippen molar-refractivity contribution in [2.75, 3.05) is 0 Å². The Hall–Kier alpha value is -0.300. The molecule has 2 atom stereocenters. The number of aliphatic hydroxyl groups excluding tert-OH is 1. The Morgan fingerprint density at radius 2 is 1.32 bits per heavy atom. The van der Waals surface area contributed by atoms with Crippen molar-refractivity contribution in [1.82, 2.24) is 0 Å². The van der Waals surface area contributed by atoms with Gasteiger partial charge in [0.15, 0.2) is 0 Å². The second-order valence-corrected chi connectivity index (χ2v) is 7.04. The summed E-state index contributed by atoms with van der Waals surface area (Å²) in [5, 5.41) is 9.40. The van der Waals surface area contributed by atoms with E-state index in [2.05, 4.69) is 26.0 Å². The molecule has 132 valence electrons. The minimum absolute atomic E-state index is 0.126. The van der Waals surface area contributed by atoms with Crippen molar-refractivity contribution < 1.29 is 5.11 Å². The monoisotopic (exact) mass is 310 g/mol. The molecule has 0 radical (unpaired) electrons. The number of allylic oxidation sites excluding steroid dienone is 2. The Morgan fingerprint density at radius 1 is 0.682 bits per heavy atom. The van der Waals surface area contributed by atoms with E-state index >= 15 is 0 Å². The summed E-state index contributed by atoms with van der Waals surface area (Å²) in [6, 6.07) is 0. The van der Waals surface area contributed by atoms with E-state index in [-0.39, 0.29) is 6.10 Å². The van der Waals surface area contributed by atoms with Crippen molar-refractivity contribution in [2.24, 2.45) is 5.92 Å². The second kappa shape index (κ2) is 17.1. The number of hydrogen-bond acceptors (Lipinski definition) is 1. The topological polar surface area (TPSA) is 20.2 Å². The summed E-state index contributed by atoms with van der Waals surface area (Å²) >= 11 is 0. The quantitative estimate of drug-likeness (QED) is 0.239. The van der Waals surface area contributed by atoms with Crippen LogP contribution in [-0.4, -0.2) is 11.2 Å². The van der Waals surface area contributed by atoms with Crippen molar-refractivity contribution in [3.8, 4) is 0 Å². The van der Waals surface area contributed by atoms with Gasteiger partial charge in [0.25, 0.3) is 0 Å². The third kappa shape index (κ3) is 16.1. The van der Waals surface area contributed by atoms with Gasteiger partial charge in [-0.3, -0.25) is 0 Å². The summed E-state index contributed by atoms with van der Waals surface area (Å²) in [6.45, 7) is 6.46. The highest BCUT2D eigenvalue weighted by Gasteiger charge is 2.08. The van der Waals surface area contributed by atoms with Gasteiger partial charge in [-0.1, -0.05) is 83.8 Å². The van der Waals surface area contributed by atoms with Crippen LogP contribution in [0.3, 0.4) is 0 Å². The van der Waals surface area contributed by atoms with Gasteiger partial charge in [-0.2, -0.15) is 0 Å². The number of unbranched alkanes of at least 4 members (excludes halogenated alkanes) is 6. The van der Waals surface area contributed by atoms with Crippen LogP contribution in [0.4, 0.5) is 0 Å². The maximum absolute atomic E-state index is 9.40. The molecule has 0 spiro atoms. The normalized spacial score (nSPS) is 14.5. The number of aliphatic hydroxyl groups is 1. The molecule has 0 aromatic rings. The molecule has 0 aliphatic carbocycles. The molecule has 1 N–H and O–H groups in total. The average molecular weight is 311 g/mol. The molecule has 1 heteroatoms. The molecule has 0 heterocycles. The summed E-state index contributed by atoms with van der Waals surface area (Å²) < 4.78 is 0. The Bertz CT molecular complexity index is 232. The van der Waals surface area contributed by atoms with Crippen LogP contribution in [-0.2, 0) is 0 Å². The smallest absolute Gasteiger partial charge is 0.0512 e. The zero-order valence-electron chi connectivity index (χ0n) is 15.7. The average Bonchev–Trinajstić information content (AvgIpc) is 2.49. The summed E-state index contributed by atoms with van der Waals surface area (Å²) in [5.74, 6) is 0.870. The van der Waals surface area contributed by atoms with Gasteiger partial charge in [-0.15, -0.1) is 0 Å². The van der Waals surface area contributed by atoms with E-state index in [0.717, 1.165) is 12.3 Å². The van der Waals surface area contributed by atoms with Gasteiger partial charge in [-0.05, 0) is 44.9 Å². The van der Waals surface area contributed by atoms with E-state index < -0.39 is 0 Å². The van der Waals surface area contributed by atoms with Crippen LogP contribution in [0.1, 0.15) is 111 Å². The lowest BCUT2D eigenvalue weighted by Crippen LogP contribution is -2.04. The third-order valence-corrected chi connectivity index (χ3v) is 4.58. The van der Waals surface area contributed by atoms with Gasteiger partial charge < -0.3 is 5.11 Å². The molecule has 0 amide bonds. The standard InChI is InChI=1S/C21H42O/c1-4-6-8-9-10-11-12-14-18-21(17-13-7-5-2)19-15-16-20(3)22/h11-12,20-22H,4-10,13-19H2,1-3H3. The molecular weight excluding hydrogens is 268 g/mol. The molecule has 0 fully saturated rings. The third-order valence-electron chi connectivity index (χ3n) is 4.58. The van der Waals surface area contributed by atoms with E-state index in [1.54, 1.807) is 0 Å². The first kappa shape index (κ1) is 21.7. The molecule has 0 aliphatic rings. The molecule has 0 aliphatic heterocycles. The lowest BCUT2D eigenvalue weighted by molar-refractivity contribution is 0.177. The zero-order valence-corrected chi connectivity index (χ0v) is 15.7. The highest BCUT2D eigenvalue weighted by atomic mass is 16.3. The minimum Gasteiger partial charge on any atom is -0.393 e. The Labute approximate surface area is 140 Å². The molecular formula is C21H42O. The number of hydrogen-bond donors (Lipinski definition) is 1. The van der Waals surface area contributed by atoms with E-state index in [1.165, 1.54) is 83.5 Å². The lowest BCUT2D eigenvalue weighted by atomic mass is 9.90. The Balaban J connectivity index is 3.77. The van der Waals surface area contributed by atoms with Crippen molar-refractivity contribution in [3.05, 3.63) is 12.2 Å². The van der Waals surface area contributed by atoms with Crippen LogP contribution in [0.15, 0.2) is 12.2 Å². The Morgan fingerprint density at radius 3 is 2.00 bits per heavy atom. The van der Waals surface area contributed by atoms with Crippen molar-refractivity contribution in [2.45, 2.75) is 117 Å². The molecule has 1 nitrogen and oxygen atoms in total. The van der Waals surface area contributed by atoms with Crippen molar-refractivity contribution in [1.29, 1.82) is 0 Å². The molecule has 0 bridgehead atoms. The van der Waals surface area contributed by atoms with Crippen LogP contribution in [0.5, 0.6) is 0 Å². The minimum atomic E-state index is -0.126. The highest BCUT2D eigenvalue weighted by molar-refractivity contribution is 4.82. The van der Waals surface area contributed by atoms with E-state index in [9.17, 15) is 5.11 Å². The fourth-order valence-corrected chi connectivity index (χ4v) is 3.07. The molecule has 0 saturated heterocycles. The summed E-state index contributed by atoms with van der Waals surface area (Å²) in [4.78, 5) is 0. The molecule has 22 heavy (non-hydrogen) atoms. The summed E-state index contributed by atoms with van der Waals surface area (Å²) in [6.07, 6.45) is 22.9. The molecule has 0 saturated carbocycles. The SMILES string of the molecule is CCCCCCC=CCCC(CCCCC)CCCC(C)O. The first-order valence-corrected chi connectivity index (χ1v) is 10.0. The van der Waals surface area contributed by atoms with Crippen LogP contribution in [0, 0.1) is 5.92 Å². The first-order chi connectivity index (χ1) is 10.7. The number of rotatable bonds is 16. The van der Waals surface area contributed by atoms with Crippen LogP contribution < -0.4 is 0 Å². The van der Waals surface area contributed by atoms with Crippen LogP contribution in [0.2, 0.25) is 0 Å². The van der Waals surface area contributed by atoms with E-state index in [1.807, 2.05) is 6.92 Å². The van der Waals surface area contributed by atoms with Crippen LogP contribution >= 0.6 is 0 Å². The van der Waals surface area contributed by atoms with Crippen LogP contribution in [0.25, 0.3) is 0 Å². The van der Waals surface area contributed by atoms with E-state index in [4.69, 9.17) is 0 Å². The maximum Gasteiger partial charge on any atom is 0.0512 e. The maximum atomic E-state index is 9.40. The van der Waals surface area contributed by atoms with Crippen molar-refractivity contribution in [3.63, 3.8) is 0 Å². The highest BCUT2D eigenvalue weighted by Crippen LogP contribution is 2.22. The fourth-order valence-electron chi connectivity index (χ4n) is 3.07. The molecule has 2 unspecified atom stereocenters. The van der Waals surface area contributed by atoms with Gasteiger partial charge in [0.05, 0.1) is 6.10 Å². The summed E-state index contributed by atoms with van der Waals surface area (Å²) in [7, 11) is 0. The fraction of sp³-hybridized carbons (Fsp3) is 0.905. The predicted molar refractivity (Wildman–Crippen MR) is 100 cm³/mol. The molecule has 0 aromatic heterocycles. The van der Waals surface area contributed by atoms with Gasteiger partial charge in [0.1, 0.15) is 0 Å². The van der Waals surface area contributed by atoms with Gasteiger partial charge in [0, 0.05) is 0 Å². The van der Waals surface area contributed by atoms with E-state index in [0.29, 0.717) is 0 Å². The molecule has 0 rings (SSSR count). The van der Waals surface area contributed by atoms with Gasteiger partial charge >= 0.3 is 0 Å². The Kier molecular flexibility index (Phi) is 16.8. The lowest BCUT2D eigenvalue weighted by Gasteiger charge is -2.16. The van der Waals surface area contributed by atoms with Crippen molar-refractivity contribution >= 4 is 0 Å². The first-order valence-electron chi connectivity index (χ1n) is 10.0.